The zero-order valence-corrected chi connectivity index (χ0v) is 16.8. The summed E-state index contributed by atoms with van der Waals surface area (Å²) >= 11 is 5.95. The van der Waals surface area contributed by atoms with E-state index in [1.54, 1.807) is 12.1 Å². The molecule has 3 aromatic rings. The Hall–Kier alpha value is -2.63. The number of aromatic nitrogens is 2. The second-order valence-electron chi connectivity index (χ2n) is 7.37. The SMILES string of the molecule is CN(C)c1ccc(CN2CCc3nc(-c4ccc(Cl)cc4)[nH]c(=O)c3C2)cc1. The molecule has 0 amide bonds. The number of hydrogen-bond donors (Lipinski definition) is 1. The van der Waals surface area contributed by atoms with Crippen molar-refractivity contribution in [1.82, 2.24) is 14.9 Å². The highest BCUT2D eigenvalue weighted by Gasteiger charge is 2.21. The summed E-state index contributed by atoms with van der Waals surface area (Å²) in [5.41, 5.74) is 4.91. The summed E-state index contributed by atoms with van der Waals surface area (Å²) < 4.78 is 0. The topological polar surface area (TPSA) is 52.2 Å². The van der Waals surface area contributed by atoms with Gasteiger partial charge in [0.05, 0.1) is 11.3 Å². The summed E-state index contributed by atoms with van der Waals surface area (Å²) in [5.74, 6) is 0.605. The molecule has 0 atom stereocenters. The van der Waals surface area contributed by atoms with Crippen LogP contribution >= 0.6 is 11.6 Å². The van der Waals surface area contributed by atoms with Gasteiger partial charge in [-0.15, -0.1) is 0 Å². The van der Waals surface area contributed by atoms with E-state index in [1.165, 1.54) is 11.3 Å². The molecular formula is C22H23ClN4O. The van der Waals surface area contributed by atoms with E-state index in [9.17, 15) is 4.79 Å². The summed E-state index contributed by atoms with van der Waals surface area (Å²) in [5, 5.41) is 0.665. The number of benzene rings is 2. The van der Waals surface area contributed by atoms with Crippen LogP contribution in [0.4, 0.5) is 5.69 Å². The fraction of sp³-hybridized carbons (Fsp3) is 0.273. The minimum atomic E-state index is -0.0531. The molecule has 4 rings (SSSR count). The molecule has 1 aliphatic heterocycles. The minimum Gasteiger partial charge on any atom is -0.378 e. The van der Waals surface area contributed by atoms with Crippen LogP contribution in [0.1, 0.15) is 16.8 Å². The van der Waals surface area contributed by atoms with Crippen molar-refractivity contribution < 1.29 is 0 Å². The summed E-state index contributed by atoms with van der Waals surface area (Å²) in [7, 11) is 4.07. The van der Waals surface area contributed by atoms with Crippen molar-refractivity contribution in [2.24, 2.45) is 0 Å². The first-order valence-corrected chi connectivity index (χ1v) is 9.74. The molecule has 0 radical (unpaired) electrons. The third-order valence-corrected chi connectivity index (χ3v) is 5.38. The molecule has 0 spiro atoms. The third-order valence-electron chi connectivity index (χ3n) is 5.12. The van der Waals surface area contributed by atoms with Crippen molar-refractivity contribution in [3.8, 4) is 11.4 Å². The molecule has 2 heterocycles. The Labute approximate surface area is 169 Å². The van der Waals surface area contributed by atoms with Crippen LogP contribution in [0.25, 0.3) is 11.4 Å². The predicted octanol–water partition coefficient (Wildman–Crippen LogP) is 3.71. The van der Waals surface area contributed by atoms with Gasteiger partial charge in [0.25, 0.3) is 5.56 Å². The molecule has 5 nitrogen and oxygen atoms in total. The Bertz CT molecular complexity index is 1030. The van der Waals surface area contributed by atoms with Crippen LogP contribution in [0.15, 0.2) is 53.3 Å². The van der Waals surface area contributed by atoms with Crippen LogP contribution in [0.2, 0.25) is 5.02 Å². The lowest BCUT2D eigenvalue weighted by molar-refractivity contribution is 0.242. The fourth-order valence-electron chi connectivity index (χ4n) is 3.52. The molecule has 0 bridgehead atoms. The van der Waals surface area contributed by atoms with Crippen LogP contribution in [0.5, 0.6) is 0 Å². The van der Waals surface area contributed by atoms with Gasteiger partial charge in [0.15, 0.2) is 0 Å². The van der Waals surface area contributed by atoms with Crippen molar-refractivity contribution in [1.29, 1.82) is 0 Å². The molecule has 0 fully saturated rings. The van der Waals surface area contributed by atoms with Crippen molar-refractivity contribution in [3.63, 3.8) is 0 Å². The highest BCUT2D eigenvalue weighted by molar-refractivity contribution is 6.30. The second-order valence-corrected chi connectivity index (χ2v) is 7.80. The van der Waals surface area contributed by atoms with Gasteiger partial charge in [-0.3, -0.25) is 9.69 Å². The van der Waals surface area contributed by atoms with Crippen LogP contribution < -0.4 is 10.5 Å². The van der Waals surface area contributed by atoms with Crippen LogP contribution in [-0.2, 0) is 19.5 Å². The summed E-state index contributed by atoms with van der Waals surface area (Å²) in [6.07, 6.45) is 0.773. The molecule has 28 heavy (non-hydrogen) atoms. The van der Waals surface area contributed by atoms with Gasteiger partial charge in [-0.2, -0.15) is 0 Å². The van der Waals surface area contributed by atoms with Crippen LogP contribution in [-0.4, -0.2) is 35.5 Å². The van der Waals surface area contributed by atoms with E-state index in [0.717, 1.165) is 36.3 Å². The number of aromatic amines is 1. The Morgan fingerprint density at radius 2 is 1.82 bits per heavy atom. The largest absolute Gasteiger partial charge is 0.378 e. The Morgan fingerprint density at radius 3 is 2.50 bits per heavy atom. The number of halogens is 1. The Kier molecular flexibility index (Phi) is 5.20. The number of nitrogens with zero attached hydrogens (tertiary/aromatic N) is 3. The van der Waals surface area contributed by atoms with Gasteiger partial charge in [-0.1, -0.05) is 23.7 Å². The van der Waals surface area contributed by atoms with Crippen LogP contribution in [0.3, 0.4) is 0 Å². The molecule has 1 N–H and O–H groups in total. The van der Waals surface area contributed by atoms with E-state index in [0.29, 0.717) is 17.4 Å². The summed E-state index contributed by atoms with van der Waals surface area (Å²) in [6.45, 7) is 2.33. The monoisotopic (exact) mass is 394 g/mol. The molecule has 6 heteroatoms. The standard InChI is InChI=1S/C22H23ClN4O/c1-26(2)18-9-3-15(4-10-18)13-27-12-11-20-19(14-27)22(28)25-21(24-20)16-5-7-17(23)8-6-16/h3-10H,11-14H2,1-2H3,(H,24,25,28). The number of fused-ring (bicyclic) bond motifs is 1. The van der Waals surface area contributed by atoms with Gasteiger partial charge in [0.2, 0.25) is 0 Å². The van der Waals surface area contributed by atoms with E-state index < -0.39 is 0 Å². The number of anilines is 1. The second kappa shape index (κ2) is 7.78. The molecule has 0 aliphatic carbocycles. The van der Waals surface area contributed by atoms with Gasteiger partial charge in [0.1, 0.15) is 5.82 Å². The van der Waals surface area contributed by atoms with Crippen molar-refractivity contribution >= 4 is 17.3 Å². The molecule has 2 aromatic carbocycles. The normalized spacial score (nSPS) is 14.0. The molecule has 1 aromatic heterocycles. The quantitative estimate of drug-likeness (QED) is 0.732. The first-order chi connectivity index (χ1) is 13.5. The first kappa shape index (κ1) is 18.7. The number of H-pyrrole nitrogens is 1. The van der Waals surface area contributed by atoms with Crippen molar-refractivity contribution in [2.75, 3.05) is 25.5 Å². The average molecular weight is 395 g/mol. The lowest BCUT2D eigenvalue weighted by Gasteiger charge is -2.28. The predicted molar refractivity (Wildman–Crippen MR) is 114 cm³/mol. The molecule has 0 saturated carbocycles. The summed E-state index contributed by atoms with van der Waals surface area (Å²) in [6, 6.07) is 15.9. The maximum absolute atomic E-state index is 12.7. The highest BCUT2D eigenvalue weighted by Crippen LogP contribution is 2.22. The lowest BCUT2D eigenvalue weighted by atomic mass is 10.1. The van der Waals surface area contributed by atoms with Crippen molar-refractivity contribution in [3.05, 3.63) is 80.7 Å². The van der Waals surface area contributed by atoms with E-state index in [2.05, 4.69) is 39.0 Å². The van der Waals surface area contributed by atoms with Crippen molar-refractivity contribution in [2.45, 2.75) is 19.5 Å². The molecule has 0 saturated heterocycles. The zero-order chi connectivity index (χ0) is 19.7. The highest BCUT2D eigenvalue weighted by atomic mass is 35.5. The van der Waals surface area contributed by atoms with Gasteiger partial charge in [-0.25, -0.2) is 4.98 Å². The van der Waals surface area contributed by atoms with E-state index in [-0.39, 0.29) is 5.56 Å². The Balaban J connectivity index is 1.52. The maximum atomic E-state index is 12.7. The number of hydrogen-bond acceptors (Lipinski definition) is 4. The smallest absolute Gasteiger partial charge is 0.255 e. The average Bonchev–Trinajstić information content (AvgIpc) is 2.69. The summed E-state index contributed by atoms with van der Waals surface area (Å²) in [4.78, 5) is 24.7. The fourth-order valence-corrected chi connectivity index (χ4v) is 3.64. The number of rotatable bonds is 4. The minimum absolute atomic E-state index is 0.0531. The third kappa shape index (κ3) is 3.96. The van der Waals surface area contributed by atoms with Gasteiger partial charge in [0, 0.05) is 56.4 Å². The zero-order valence-electron chi connectivity index (χ0n) is 16.1. The van der Waals surface area contributed by atoms with Gasteiger partial charge >= 0.3 is 0 Å². The number of nitrogens with one attached hydrogen (secondary N) is 1. The molecule has 144 valence electrons. The van der Waals surface area contributed by atoms with E-state index >= 15 is 0 Å². The van der Waals surface area contributed by atoms with Gasteiger partial charge < -0.3 is 9.88 Å². The first-order valence-electron chi connectivity index (χ1n) is 9.36. The van der Waals surface area contributed by atoms with Crippen LogP contribution in [0, 0.1) is 0 Å². The van der Waals surface area contributed by atoms with E-state index in [4.69, 9.17) is 16.6 Å². The maximum Gasteiger partial charge on any atom is 0.255 e. The molecule has 1 aliphatic rings. The van der Waals surface area contributed by atoms with E-state index in [1.807, 2.05) is 26.2 Å². The molecule has 0 unspecified atom stereocenters. The Morgan fingerprint density at radius 1 is 1.11 bits per heavy atom. The molecular weight excluding hydrogens is 372 g/mol. The van der Waals surface area contributed by atoms with Gasteiger partial charge in [-0.05, 0) is 42.0 Å². The lowest BCUT2D eigenvalue weighted by Crippen LogP contribution is -2.35.